The zero-order valence-corrected chi connectivity index (χ0v) is 16.9. The highest BCUT2D eigenvalue weighted by atomic mass is 19.1. The van der Waals surface area contributed by atoms with Gasteiger partial charge in [-0.05, 0) is 46.7 Å². The lowest BCUT2D eigenvalue weighted by Crippen LogP contribution is -2.50. The second-order valence-corrected chi connectivity index (χ2v) is 7.43. The third-order valence-corrected chi connectivity index (χ3v) is 5.44. The van der Waals surface area contributed by atoms with Crippen LogP contribution in [0.15, 0.2) is 47.1 Å². The molecule has 1 aliphatic heterocycles. The molecule has 1 saturated heterocycles. The van der Waals surface area contributed by atoms with E-state index in [1.807, 2.05) is 4.90 Å². The van der Waals surface area contributed by atoms with Gasteiger partial charge in [-0.1, -0.05) is 25.5 Å². The summed E-state index contributed by atoms with van der Waals surface area (Å²) in [6, 6.07) is 9.85. The van der Waals surface area contributed by atoms with Crippen LogP contribution in [0.5, 0.6) is 0 Å². The summed E-state index contributed by atoms with van der Waals surface area (Å²) in [5, 5.41) is 12.4. The molecular weight excluding hydrogens is 387 g/mol. The molecule has 158 valence electrons. The fourth-order valence-corrected chi connectivity index (χ4v) is 3.87. The maximum atomic E-state index is 13.2. The van der Waals surface area contributed by atoms with Crippen LogP contribution >= 0.6 is 0 Å². The number of tetrazole rings is 1. The number of carbonyl (C=O) groups excluding carboxylic acids is 1. The van der Waals surface area contributed by atoms with Gasteiger partial charge in [-0.15, -0.1) is 5.10 Å². The first-order chi connectivity index (χ1) is 14.7. The number of furan rings is 1. The predicted octanol–water partition coefficient (Wildman–Crippen LogP) is 2.75. The fraction of sp³-hybridized carbons (Fsp3) is 0.429. The van der Waals surface area contributed by atoms with Crippen LogP contribution in [0.4, 0.5) is 4.39 Å². The molecule has 1 amide bonds. The smallest absolute Gasteiger partial charge is 0.289 e. The number of nitrogens with zero attached hydrogens (tertiary/aromatic N) is 6. The molecule has 1 aliphatic rings. The van der Waals surface area contributed by atoms with E-state index in [-0.39, 0.29) is 17.8 Å². The first kappa shape index (κ1) is 20.2. The lowest BCUT2D eigenvalue weighted by molar-refractivity contribution is 0.0515. The van der Waals surface area contributed by atoms with Crippen LogP contribution in [0.2, 0.25) is 0 Å². The normalized spacial score (nSPS) is 16.0. The number of amides is 1. The minimum Gasteiger partial charge on any atom is -0.459 e. The highest BCUT2D eigenvalue weighted by Gasteiger charge is 2.30. The zero-order valence-electron chi connectivity index (χ0n) is 16.9. The lowest BCUT2D eigenvalue weighted by Gasteiger charge is -2.38. The number of aromatic nitrogens is 4. The van der Waals surface area contributed by atoms with Crippen LogP contribution in [0.1, 0.15) is 47.7 Å². The molecule has 2 aromatic heterocycles. The van der Waals surface area contributed by atoms with E-state index < -0.39 is 0 Å². The van der Waals surface area contributed by atoms with E-state index in [0.29, 0.717) is 25.4 Å². The van der Waals surface area contributed by atoms with Gasteiger partial charge in [0.25, 0.3) is 5.91 Å². The Labute approximate surface area is 174 Å². The Morgan fingerprint density at radius 1 is 1.17 bits per heavy atom. The fourth-order valence-electron chi connectivity index (χ4n) is 3.87. The zero-order chi connectivity index (χ0) is 20.9. The average molecular weight is 412 g/mol. The molecule has 8 nitrogen and oxygen atoms in total. The van der Waals surface area contributed by atoms with E-state index in [0.717, 1.165) is 37.3 Å². The molecule has 0 aliphatic carbocycles. The van der Waals surface area contributed by atoms with E-state index in [9.17, 15) is 9.18 Å². The van der Waals surface area contributed by atoms with E-state index in [1.54, 1.807) is 28.9 Å². The minimum absolute atomic E-state index is 0.0614. The number of halogens is 1. The summed E-state index contributed by atoms with van der Waals surface area (Å²) >= 11 is 0. The van der Waals surface area contributed by atoms with Gasteiger partial charge in [0.15, 0.2) is 11.6 Å². The van der Waals surface area contributed by atoms with Crippen LogP contribution in [0.3, 0.4) is 0 Å². The molecule has 9 heteroatoms. The quantitative estimate of drug-likeness (QED) is 0.594. The Balaban J connectivity index is 1.45. The van der Waals surface area contributed by atoms with Crippen molar-refractivity contribution in [3.8, 4) is 0 Å². The summed E-state index contributed by atoms with van der Waals surface area (Å²) < 4.78 is 20.2. The van der Waals surface area contributed by atoms with Crippen LogP contribution in [-0.4, -0.2) is 62.1 Å². The van der Waals surface area contributed by atoms with Crippen molar-refractivity contribution in [1.82, 2.24) is 30.0 Å². The Kier molecular flexibility index (Phi) is 6.18. The molecule has 1 fully saturated rings. The number of rotatable bonds is 7. The summed E-state index contributed by atoms with van der Waals surface area (Å²) in [4.78, 5) is 16.7. The average Bonchev–Trinajstić information content (AvgIpc) is 3.46. The molecule has 0 saturated carbocycles. The van der Waals surface area contributed by atoms with E-state index >= 15 is 0 Å². The Hall–Kier alpha value is -3.07. The highest BCUT2D eigenvalue weighted by molar-refractivity contribution is 5.91. The highest BCUT2D eigenvalue weighted by Crippen LogP contribution is 2.26. The molecule has 0 unspecified atom stereocenters. The monoisotopic (exact) mass is 412 g/mol. The summed E-state index contributed by atoms with van der Waals surface area (Å²) in [6.07, 6.45) is 3.41. The van der Waals surface area contributed by atoms with Crippen LogP contribution in [0.25, 0.3) is 0 Å². The molecule has 0 radical (unpaired) electrons. The van der Waals surface area contributed by atoms with Gasteiger partial charge in [0.2, 0.25) is 0 Å². The predicted molar refractivity (Wildman–Crippen MR) is 107 cm³/mol. The Morgan fingerprint density at radius 2 is 1.93 bits per heavy atom. The minimum atomic E-state index is -0.262. The summed E-state index contributed by atoms with van der Waals surface area (Å²) in [5.74, 6) is 0.832. The first-order valence-corrected chi connectivity index (χ1v) is 10.2. The summed E-state index contributed by atoms with van der Waals surface area (Å²) in [6.45, 7) is 5.34. The van der Waals surface area contributed by atoms with Crippen LogP contribution < -0.4 is 0 Å². The van der Waals surface area contributed by atoms with Gasteiger partial charge in [0, 0.05) is 26.2 Å². The lowest BCUT2D eigenvalue weighted by atomic mass is 10.1. The number of hydrogen-bond acceptors (Lipinski definition) is 6. The number of carbonyl (C=O) groups is 1. The second-order valence-electron chi connectivity index (χ2n) is 7.43. The van der Waals surface area contributed by atoms with E-state index in [1.165, 1.54) is 18.4 Å². The third-order valence-electron chi connectivity index (χ3n) is 5.44. The summed E-state index contributed by atoms with van der Waals surface area (Å²) in [7, 11) is 0. The van der Waals surface area contributed by atoms with Gasteiger partial charge in [-0.2, -0.15) is 0 Å². The topological polar surface area (TPSA) is 80.3 Å². The van der Waals surface area contributed by atoms with Crippen LogP contribution in [0, 0.1) is 5.82 Å². The Morgan fingerprint density at radius 3 is 2.60 bits per heavy atom. The largest absolute Gasteiger partial charge is 0.459 e. The molecule has 1 aromatic carbocycles. The molecule has 3 heterocycles. The van der Waals surface area contributed by atoms with Gasteiger partial charge in [0.1, 0.15) is 5.82 Å². The van der Waals surface area contributed by atoms with E-state index in [2.05, 4.69) is 27.3 Å². The number of hydrogen-bond donors (Lipinski definition) is 0. The van der Waals surface area contributed by atoms with E-state index in [4.69, 9.17) is 4.42 Å². The molecule has 4 rings (SSSR count). The van der Waals surface area contributed by atoms with Gasteiger partial charge < -0.3 is 9.32 Å². The van der Waals surface area contributed by atoms with Crippen molar-refractivity contribution in [2.45, 2.75) is 32.4 Å². The van der Waals surface area contributed by atoms with Crippen molar-refractivity contribution in [2.24, 2.45) is 0 Å². The molecule has 0 bridgehead atoms. The molecule has 3 aromatic rings. The molecule has 1 atom stereocenters. The molecule has 30 heavy (non-hydrogen) atoms. The number of piperazine rings is 1. The van der Waals surface area contributed by atoms with Crippen molar-refractivity contribution < 1.29 is 13.6 Å². The summed E-state index contributed by atoms with van der Waals surface area (Å²) in [5.41, 5.74) is 0.939. The van der Waals surface area contributed by atoms with Gasteiger partial charge in [-0.25, -0.2) is 9.07 Å². The SMILES string of the molecule is CCC[C@@H](c1nnnn1Cc1ccc(F)cc1)N1CCN(C(=O)c2ccco2)CC1. The molecular formula is C21H25FN6O2. The standard InChI is InChI=1S/C21H25FN6O2/c1-2-4-18(20-23-24-25-28(20)15-16-6-8-17(22)9-7-16)26-10-12-27(13-11-26)21(29)19-5-3-14-30-19/h3,5-9,14,18H,2,4,10-13,15H2,1H3/t18-/m0/s1. The third kappa shape index (κ3) is 4.40. The van der Waals surface area contributed by atoms with Gasteiger partial charge >= 0.3 is 0 Å². The molecule has 0 spiro atoms. The van der Waals surface area contributed by atoms with Crippen molar-refractivity contribution in [2.75, 3.05) is 26.2 Å². The van der Waals surface area contributed by atoms with Crippen molar-refractivity contribution in [3.63, 3.8) is 0 Å². The molecule has 0 N–H and O–H groups in total. The number of benzene rings is 1. The Bertz CT molecular complexity index is 948. The van der Waals surface area contributed by atoms with Gasteiger partial charge in [0.05, 0.1) is 18.8 Å². The maximum absolute atomic E-state index is 13.2. The first-order valence-electron chi connectivity index (χ1n) is 10.2. The van der Waals surface area contributed by atoms with Crippen molar-refractivity contribution in [3.05, 3.63) is 65.6 Å². The van der Waals surface area contributed by atoms with Crippen molar-refractivity contribution >= 4 is 5.91 Å². The van der Waals surface area contributed by atoms with Crippen molar-refractivity contribution in [1.29, 1.82) is 0 Å². The van der Waals surface area contributed by atoms with Crippen LogP contribution in [-0.2, 0) is 6.54 Å². The van der Waals surface area contributed by atoms with Gasteiger partial charge in [-0.3, -0.25) is 9.69 Å². The second kappa shape index (κ2) is 9.17. The maximum Gasteiger partial charge on any atom is 0.289 e.